The van der Waals surface area contributed by atoms with Crippen molar-refractivity contribution in [1.82, 2.24) is 4.98 Å². The van der Waals surface area contributed by atoms with Crippen molar-refractivity contribution >= 4 is 43.4 Å². The van der Waals surface area contributed by atoms with Crippen LogP contribution in [0.15, 0.2) is 60.7 Å². The number of ether oxygens (including phenoxy) is 2. The van der Waals surface area contributed by atoms with Gasteiger partial charge in [0.2, 0.25) is 5.91 Å². The number of thiazole rings is 1. The van der Waals surface area contributed by atoms with Crippen LogP contribution in [-0.4, -0.2) is 24.1 Å². The number of amides is 1. The fourth-order valence-electron chi connectivity index (χ4n) is 3.16. The van der Waals surface area contributed by atoms with Gasteiger partial charge in [0.05, 0.1) is 23.4 Å². The zero-order valence-electron chi connectivity index (χ0n) is 16.2. The molecule has 4 aromatic rings. The van der Waals surface area contributed by atoms with Gasteiger partial charge in [-0.05, 0) is 36.9 Å². The van der Waals surface area contributed by atoms with Gasteiger partial charge in [-0.2, -0.15) is 0 Å². The number of hydrogen-bond acceptors (Lipinski definition) is 5. The summed E-state index contributed by atoms with van der Waals surface area (Å²) in [5.74, 6) is 1.36. The number of carbonyl (C=O) groups excluding carboxylic acids is 1. The van der Waals surface area contributed by atoms with Gasteiger partial charge >= 0.3 is 0 Å². The van der Waals surface area contributed by atoms with Gasteiger partial charge < -0.3 is 14.8 Å². The number of anilines is 1. The molecular weight excluding hydrogens is 384 g/mol. The van der Waals surface area contributed by atoms with Crippen LogP contribution in [0.25, 0.3) is 21.0 Å². The van der Waals surface area contributed by atoms with Crippen molar-refractivity contribution in [2.45, 2.75) is 19.8 Å². The van der Waals surface area contributed by atoms with E-state index in [0.717, 1.165) is 26.7 Å². The minimum atomic E-state index is -0.0601. The van der Waals surface area contributed by atoms with Gasteiger partial charge in [-0.15, -0.1) is 0 Å². The number of rotatable bonds is 8. The number of para-hydroxylation sites is 2. The highest BCUT2D eigenvalue weighted by molar-refractivity contribution is 7.22. The van der Waals surface area contributed by atoms with E-state index in [-0.39, 0.29) is 5.91 Å². The van der Waals surface area contributed by atoms with E-state index in [2.05, 4.69) is 34.6 Å². The molecule has 1 amide bonds. The van der Waals surface area contributed by atoms with Crippen LogP contribution in [0.5, 0.6) is 11.5 Å². The van der Waals surface area contributed by atoms with Crippen LogP contribution in [0.3, 0.4) is 0 Å². The Labute approximate surface area is 173 Å². The SMILES string of the molecule is CCOc1ccccc1OCCCC(=O)Nc1nc2c(ccc3ccccc32)s1. The Hall–Kier alpha value is -3.12. The smallest absolute Gasteiger partial charge is 0.226 e. The lowest BCUT2D eigenvalue weighted by Crippen LogP contribution is -2.12. The molecule has 5 nitrogen and oxygen atoms in total. The zero-order valence-corrected chi connectivity index (χ0v) is 17.0. The molecule has 0 radical (unpaired) electrons. The molecular formula is C23H22N2O3S. The summed E-state index contributed by atoms with van der Waals surface area (Å²) in [6.07, 6.45) is 0.980. The van der Waals surface area contributed by atoms with Crippen molar-refractivity contribution in [2.75, 3.05) is 18.5 Å². The topological polar surface area (TPSA) is 60.5 Å². The first-order valence-electron chi connectivity index (χ1n) is 9.67. The largest absolute Gasteiger partial charge is 0.490 e. The van der Waals surface area contributed by atoms with Gasteiger partial charge in [-0.3, -0.25) is 4.79 Å². The summed E-state index contributed by atoms with van der Waals surface area (Å²) in [5, 5.41) is 5.79. The highest BCUT2D eigenvalue weighted by atomic mass is 32.1. The van der Waals surface area contributed by atoms with Crippen molar-refractivity contribution in [3.8, 4) is 11.5 Å². The summed E-state index contributed by atoms with van der Waals surface area (Å²) in [5.41, 5.74) is 0.930. The average molecular weight is 407 g/mol. The molecule has 0 aliphatic rings. The molecule has 148 valence electrons. The van der Waals surface area contributed by atoms with Crippen LogP contribution in [0.1, 0.15) is 19.8 Å². The maximum atomic E-state index is 12.3. The fraction of sp³-hybridized carbons (Fsp3) is 0.217. The molecule has 0 spiro atoms. The van der Waals surface area contributed by atoms with E-state index in [1.807, 2.05) is 43.3 Å². The molecule has 0 bridgehead atoms. The summed E-state index contributed by atoms with van der Waals surface area (Å²) in [7, 11) is 0. The van der Waals surface area contributed by atoms with Crippen molar-refractivity contribution in [2.24, 2.45) is 0 Å². The third-order valence-electron chi connectivity index (χ3n) is 4.48. The molecule has 1 N–H and O–H groups in total. The van der Waals surface area contributed by atoms with Gasteiger partial charge in [0.1, 0.15) is 0 Å². The predicted octanol–water partition coefficient (Wildman–Crippen LogP) is 5.65. The number of hydrogen-bond donors (Lipinski definition) is 1. The normalized spacial score (nSPS) is 10.9. The Morgan fingerprint density at radius 2 is 1.76 bits per heavy atom. The molecule has 0 aliphatic carbocycles. The number of carbonyl (C=O) groups is 1. The van der Waals surface area contributed by atoms with Crippen molar-refractivity contribution in [3.05, 3.63) is 60.7 Å². The Morgan fingerprint density at radius 1 is 1.00 bits per heavy atom. The quantitative estimate of drug-likeness (QED) is 0.384. The predicted molar refractivity (Wildman–Crippen MR) is 118 cm³/mol. The minimum absolute atomic E-state index is 0.0601. The molecule has 29 heavy (non-hydrogen) atoms. The van der Waals surface area contributed by atoms with Gasteiger partial charge in [0, 0.05) is 11.8 Å². The number of nitrogens with zero attached hydrogens (tertiary/aromatic N) is 1. The standard InChI is InChI=1S/C23H22N2O3S/c1-2-27-18-10-5-6-11-19(18)28-15-7-12-21(26)24-23-25-22-17-9-4-3-8-16(17)13-14-20(22)29-23/h3-6,8-11,13-14H,2,7,12,15H2,1H3,(H,24,25,26). The highest BCUT2D eigenvalue weighted by Gasteiger charge is 2.10. The number of aromatic nitrogens is 1. The Balaban J connectivity index is 1.33. The van der Waals surface area contributed by atoms with Crippen LogP contribution in [0.4, 0.5) is 5.13 Å². The highest BCUT2D eigenvalue weighted by Crippen LogP contribution is 2.31. The van der Waals surface area contributed by atoms with Crippen molar-refractivity contribution in [3.63, 3.8) is 0 Å². The first kappa shape index (κ1) is 19.2. The van der Waals surface area contributed by atoms with E-state index in [9.17, 15) is 4.79 Å². The molecule has 1 aromatic heterocycles. The second-order valence-corrected chi connectivity index (χ2v) is 7.56. The van der Waals surface area contributed by atoms with Crippen LogP contribution in [-0.2, 0) is 4.79 Å². The van der Waals surface area contributed by atoms with Gasteiger partial charge in [-0.1, -0.05) is 53.8 Å². The first-order chi connectivity index (χ1) is 14.2. The summed E-state index contributed by atoms with van der Waals surface area (Å²) >= 11 is 1.49. The lowest BCUT2D eigenvalue weighted by atomic mass is 10.1. The summed E-state index contributed by atoms with van der Waals surface area (Å²) < 4.78 is 12.4. The van der Waals surface area contributed by atoms with Crippen molar-refractivity contribution < 1.29 is 14.3 Å². The van der Waals surface area contributed by atoms with Gasteiger partial charge in [0.25, 0.3) is 0 Å². The maximum Gasteiger partial charge on any atom is 0.226 e. The lowest BCUT2D eigenvalue weighted by molar-refractivity contribution is -0.116. The average Bonchev–Trinajstić information content (AvgIpc) is 3.15. The van der Waals surface area contributed by atoms with E-state index >= 15 is 0 Å². The summed E-state index contributed by atoms with van der Waals surface area (Å²) in [6.45, 7) is 2.97. The molecule has 1 heterocycles. The van der Waals surface area contributed by atoms with Crippen molar-refractivity contribution in [1.29, 1.82) is 0 Å². The second-order valence-electron chi connectivity index (χ2n) is 6.53. The molecule has 6 heteroatoms. The third kappa shape index (κ3) is 4.49. The Morgan fingerprint density at radius 3 is 2.59 bits per heavy atom. The minimum Gasteiger partial charge on any atom is -0.490 e. The van der Waals surface area contributed by atoms with Crippen LogP contribution < -0.4 is 14.8 Å². The molecule has 4 rings (SSSR count). The monoisotopic (exact) mass is 406 g/mol. The summed E-state index contributed by atoms with van der Waals surface area (Å²) in [6, 6.07) is 19.8. The fourth-order valence-corrected chi connectivity index (χ4v) is 4.05. The molecule has 0 saturated heterocycles. The first-order valence-corrected chi connectivity index (χ1v) is 10.5. The van der Waals surface area contributed by atoms with Crippen LogP contribution in [0.2, 0.25) is 0 Å². The Kier molecular flexibility index (Phi) is 5.91. The molecule has 0 unspecified atom stereocenters. The molecule has 3 aromatic carbocycles. The summed E-state index contributed by atoms with van der Waals surface area (Å²) in [4.78, 5) is 16.9. The molecule has 0 saturated carbocycles. The molecule has 0 atom stereocenters. The van der Waals surface area contributed by atoms with E-state index in [1.165, 1.54) is 11.3 Å². The molecule has 0 aliphatic heterocycles. The number of nitrogens with one attached hydrogen (secondary N) is 1. The Bertz CT molecular complexity index is 1140. The maximum absolute atomic E-state index is 12.3. The van der Waals surface area contributed by atoms with E-state index in [4.69, 9.17) is 9.47 Å². The molecule has 0 fully saturated rings. The lowest BCUT2D eigenvalue weighted by Gasteiger charge is -2.11. The third-order valence-corrected chi connectivity index (χ3v) is 5.42. The van der Waals surface area contributed by atoms with Crippen LogP contribution in [0, 0.1) is 0 Å². The number of fused-ring (bicyclic) bond motifs is 3. The zero-order chi connectivity index (χ0) is 20.1. The van der Waals surface area contributed by atoms with E-state index in [0.29, 0.717) is 36.9 Å². The van der Waals surface area contributed by atoms with Gasteiger partial charge in [0.15, 0.2) is 16.6 Å². The number of benzene rings is 3. The van der Waals surface area contributed by atoms with E-state index < -0.39 is 0 Å². The second kappa shape index (κ2) is 8.92. The van der Waals surface area contributed by atoms with E-state index in [1.54, 1.807) is 0 Å². The van der Waals surface area contributed by atoms with Gasteiger partial charge in [-0.25, -0.2) is 4.98 Å². The van der Waals surface area contributed by atoms with Crippen LogP contribution >= 0.6 is 11.3 Å².